The van der Waals surface area contributed by atoms with Crippen molar-refractivity contribution in [1.29, 1.82) is 0 Å². The molecular weight excluding hydrogens is 385 g/mol. The van der Waals surface area contributed by atoms with Crippen molar-refractivity contribution in [3.8, 4) is 0 Å². The average Bonchev–Trinajstić information content (AvgIpc) is 2.33. The molecule has 0 saturated carbocycles. The first-order valence-electron chi connectivity index (χ1n) is 8.55. The molecule has 0 saturated heterocycles. The molecule has 0 fully saturated rings. The van der Waals surface area contributed by atoms with Crippen LogP contribution < -0.4 is 0 Å². The van der Waals surface area contributed by atoms with Gasteiger partial charge in [0.2, 0.25) is 16.6 Å². The van der Waals surface area contributed by atoms with Crippen molar-refractivity contribution in [2.24, 2.45) is 0 Å². The normalized spacial score (nSPS) is 14.6. The van der Waals surface area contributed by atoms with Crippen molar-refractivity contribution >= 4 is 42.1 Å². The van der Waals surface area contributed by atoms with Gasteiger partial charge in [0.15, 0.2) is 16.6 Å². The van der Waals surface area contributed by atoms with E-state index in [2.05, 4.69) is 52.4 Å². The molecule has 0 atom stereocenters. The maximum Gasteiger partial charge on any atom is 0.466 e. The Morgan fingerprint density at radius 2 is 1.08 bits per heavy atom. The van der Waals surface area contributed by atoms with E-state index in [-0.39, 0.29) is 0 Å². The highest BCUT2D eigenvalue weighted by molar-refractivity contribution is 6.92. The fraction of sp³-hybridized carbons (Fsp3) is 0.733. The molecule has 4 nitrogen and oxygen atoms in total. The SMILES string of the molecule is C=C[Si](C)(C)O[Si](C)(O[Si](C)(C)C=C)O[Si](C)(C)CC[Si](C)(C)O. The van der Waals surface area contributed by atoms with Crippen molar-refractivity contribution in [3.05, 3.63) is 24.6 Å². The van der Waals surface area contributed by atoms with Crippen LogP contribution in [0.2, 0.25) is 71.0 Å². The molecule has 0 aromatic carbocycles. The summed E-state index contributed by atoms with van der Waals surface area (Å²) in [6.45, 7) is 26.6. The largest absolute Gasteiger partial charge is 0.466 e. The lowest BCUT2D eigenvalue weighted by atomic mass is 10.9. The van der Waals surface area contributed by atoms with Crippen LogP contribution >= 0.6 is 0 Å². The molecule has 0 aliphatic heterocycles. The predicted molar refractivity (Wildman–Crippen MR) is 117 cm³/mol. The maximum absolute atomic E-state index is 10.2. The van der Waals surface area contributed by atoms with E-state index in [1.807, 2.05) is 31.0 Å². The molecule has 0 spiro atoms. The van der Waals surface area contributed by atoms with Gasteiger partial charge < -0.3 is 17.1 Å². The Hall–Kier alpha value is 0.404. The molecule has 0 unspecified atom stereocenters. The number of hydrogen-bond donors (Lipinski definition) is 1. The van der Waals surface area contributed by atoms with Gasteiger partial charge >= 0.3 is 8.80 Å². The molecular formula is C15H38O4Si5. The second-order valence-electron chi connectivity index (χ2n) is 8.86. The summed E-state index contributed by atoms with van der Waals surface area (Å²) in [4.78, 5) is 10.2. The number of hydrogen-bond acceptors (Lipinski definition) is 4. The summed E-state index contributed by atoms with van der Waals surface area (Å²) in [5, 5.41) is 0. The quantitative estimate of drug-likeness (QED) is 0.483. The second kappa shape index (κ2) is 8.40. The van der Waals surface area contributed by atoms with E-state index >= 15 is 0 Å². The molecule has 0 aromatic rings. The van der Waals surface area contributed by atoms with E-state index in [1.165, 1.54) is 0 Å². The Balaban J connectivity index is 5.39. The van der Waals surface area contributed by atoms with Crippen LogP contribution in [0.3, 0.4) is 0 Å². The maximum atomic E-state index is 10.2. The predicted octanol–water partition coefficient (Wildman–Crippen LogP) is 4.87. The first-order valence-corrected chi connectivity index (χ1v) is 23.0. The zero-order chi connectivity index (χ0) is 19.4. The van der Waals surface area contributed by atoms with Crippen molar-refractivity contribution in [3.63, 3.8) is 0 Å². The molecule has 9 heteroatoms. The zero-order valence-corrected chi connectivity index (χ0v) is 22.2. The Bertz CT molecular complexity index is 422. The average molecular weight is 423 g/mol. The van der Waals surface area contributed by atoms with Gasteiger partial charge in [-0.15, -0.1) is 13.2 Å². The van der Waals surface area contributed by atoms with E-state index in [1.54, 1.807) is 0 Å². The van der Waals surface area contributed by atoms with Crippen molar-refractivity contribution in [1.82, 2.24) is 0 Å². The van der Waals surface area contributed by atoms with Gasteiger partial charge in [0.1, 0.15) is 0 Å². The highest BCUT2D eigenvalue weighted by atomic mass is 28.5. The van der Waals surface area contributed by atoms with Crippen molar-refractivity contribution in [2.75, 3.05) is 0 Å². The van der Waals surface area contributed by atoms with Crippen molar-refractivity contribution < 1.29 is 17.1 Å². The summed E-state index contributed by atoms with van der Waals surface area (Å²) in [5.74, 6) is 0. The summed E-state index contributed by atoms with van der Waals surface area (Å²) in [5.41, 5.74) is 3.84. The highest BCUT2D eigenvalue weighted by Gasteiger charge is 2.48. The van der Waals surface area contributed by atoms with Gasteiger partial charge in [-0.1, -0.05) is 11.4 Å². The fourth-order valence-corrected chi connectivity index (χ4v) is 21.5. The summed E-state index contributed by atoms with van der Waals surface area (Å²) in [6.07, 6.45) is 0. The lowest BCUT2D eigenvalue weighted by Crippen LogP contribution is -2.59. The van der Waals surface area contributed by atoms with E-state index in [0.717, 1.165) is 12.1 Å². The molecule has 0 aliphatic carbocycles. The van der Waals surface area contributed by atoms with Gasteiger partial charge in [-0.05, 0) is 64.5 Å². The Morgan fingerprint density at radius 1 is 0.708 bits per heavy atom. The molecule has 0 bridgehead atoms. The van der Waals surface area contributed by atoms with Gasteiger partial charge in [0, 0.05) is 6.55 Å². The van der Waals surface area contributed by atoms with Crippen LogP contribution in [0.4, 0.5) is 0 Å². The van der Waals surface area contributed by atoms with Crippen LogP contribution in [0.25, 0.3) is 0 Å². The molecule has 0 heterocycles. The monoisotopic (exact) mass is 422 g/mol. The third-order valence-corrected chi connectivity index (χ3v) is 19.9. The molecule has 0 radical (unpaired) electrons. The zero-order valence-electron chi connectivity index (χ0n) is 17.2. The molecule has 0 aromatic heterocycles. The fourth-order valence-electron chi connectivity index (χ4n) is 2.26. The molecule has 142 valence electrons. The summed E-state index contributed by atoms with van der Waals surface area (Å²) in [7, 11) is -11.0. The van der Waals surface area contributed by atoms with Gasteiger partial charge in [0.25, 0.3) is 0 Å². The summed E-state index contributed by atoms with van der Waals surface area (Å²) in [6, 6.07) is 1.77. The van der Waals surface area contributed by atoms with E-state index < -0.39 is 42.1 Å². The summed E-state index contributed by atoms with van der Waals surface area (Å²) < 4.78 is 19.5. The first kappa shape index (κ1) is 24.4. The minimum atomic E-state index is -2.82. The standard InChI is InChI=1S/C15H38O4Si5/c1-12-21(5,6)17-24(11,18-22(7,8)13-2)19-23(9,10)15-14-20(3,4)16/h12-13,16H,1-2,14-15H2,3-11H3. The second-order valence-corrected chi connectivity index (χ2v) is 28.4. The van der Waals surface area contributed by atoms with E-state index in [9.17, 15) is 4.80 Å². The minimum absolute atomic E-state index is 0.848. The number of rotatable bonds is 11. The van der Waals surface area contributed by atoms with Gasteiger partial charge in [-0.25, -0.2) is 0 Å². The Labute approximate surface area is 154 Å². The van der Waals surface area contributed by atoms with Crippen molar-refractivity contribution in [2.45, 2.75) is 71.0 Å². The molecule has 0 rings (SSSR count). The van der Waals surface area contributed by atoms with Gasteiger partial charge in [0.05, 0.1) is 0 Å². The van der Waals surface area contributed by atoms with E-state index in [4.69, 9.17) is 12.3 Å². The third-order valence-electron chi connectivity index (χ3n) is 3.68. The molecule has 0 amide bonds. The molecule has 1 N–H and O–H groups in total. The summed E-state index contributed by atoms with van der Waals surface area (Å²) >= 11 is 0. The topological polar surface area (TPSA) is 47.9 Å². The van der Waals surface area contributed by atoms with E-state index in [0.29, 0.717) is 0 Å². The Kier molecular flexibility index (Phi) is 8.54. The lowest BCUT2D eigenvalue weighted by molar-refractivity contribution is 0.264. The highest BCUT2D eigenvalue weighted by Crippen LogP contribution is 2.29. The van der Waals surface area contributed by atoms with Crippen LogP contribution in [0, 0.1) is 0 Å². The van der Waals surface area contributed by atoms with Crippen LogP contribution in [0.5, 0.6) is 0 Å². The van der Waals surface area contributed by atoms with Gasteiger partial charge in [-0.3, -0.25) is 0 Å². The molecule has 24 heavy (non-hydrogen) atoms. The Morgan fingerprint density at radius 3 is 1.38 bits per heavy atom. The van der Waals surface area contributed by atoms with Gasteiger partial charge in [-0.2, -0.15) is 0 Å². The van der Waals surface area contributed by atoms with Crippen LogP contribution in [0.1, 0.15) is 0 Å². The molecule has 0 aliphatic rings. The first-order chi connectivity index (χ1) is 10.4. The van der Waals surface area contributed by atoms with Crippen LogP contribution in [-0.4, -0.2) is 46.9 Å². The third kappa shape index (κ3) is 10.4. The lowest BCUT2D eigenvalue weighted by Gasteiger charge is -2.42. The minimum Gasteiger partial charge on any atom is -0.432 e. The van der Waals surface area contributed by atoms with Crippen LogP contribution in [0.15, 0.2) is 24.6 Å². The smallest absolute Gasteiger partial charge is 0.432 e. The van der Waals surface area contributed by atoms with Crippen LogP contribution in [-0.2, 0) is 12.3 Å².